The number of carbonyl (C=O) groups excluding carboxylic acids is 1. The number of fused-ring (bicyclic) bond motifs is 1. The fraction of sp³-hybridized carbons (Fsp3) is 0.304. The van der Waals surface area contributed by atoms with Crippen LogP contribution < -0.4 is 0 Å². The van der Waals surface area contributed by atoms with Gasteiger partial charge in [0.2, 0.25) is 0 Å². The highest BCUT2D eigenvalue weighted by Crippen LogP contribution is 2.40. The van der Waals surface area contributed by atoms with Crippen LogP contribution in [-0.2, 0) is 41.1 Å². The molecule has 1 unspecified atom stereocenters. The van der Waals surface area contributed by atoms with Gasteiger partial charge in [0.25, 0.3) is 9.84 Å². The first-order valence-electron chi connectivity index (χ1n) is 9.93. The lowest BCUT2D eigenvalue weighted by Crippen LogP contribution is -2.30. The minimum atomic E-state index is -4.16. The molecule has 4 rings (SSSR count). The van der Waals surface area contributed by atoms with E-state index in [4.69, 9.17) is 4.74 Å². The molecule has 1 aromatic heterocycles. The molecule has 30 heavy (non-hydrogen) atoms. The van der Waals surface area contributed by atoms with E-state index >= 15 is 0 Å². The van der Waals surface area contributed by atoms with Crippen LogP contribution in [0.3, 0.4) is 0 Å². The SMILES string of the molecule is Cn1ccnc1C[C@@H]1Cc2ccccc2C(S(=O)(=O)C(=O)OCc2ccccc2)C1. The number of hydrogen-bond acceptors (Lipinski definition) is 5. The maximum absolute atomic E-state index is 13.2. The molecule has 0 radical (unpaired) electrons. The van der Waals surface area contributed by atoms with Crippen LogP contribution in [0.1, 0.15) is 34.2 Å². The Bertz CT molecular complexity index is 1140. The van der Waals surface area contributed by atoms with Crippen LogP contribution in [0.15, 0.2) is 67.0 Å². The number of rotatable bonds is 5. The highest BCUT2D eigenvalue weighted by molar-refractivity contribution is 8.05. The molecule has 0 fully saturated rings. The largest absolute Gasteiger partial charge is 0.449 e. The average molecular weight is 425 g/mol. The van der Waals surface area contributed by atoms with Gasteiger partial charge >= 0.3 is 5.30 Å². The average Bonchev–Trinajstić information content (AvgIpc) is 3.16. The van der Waals surface area contributed by atoms with E-state index in [9.17, 15) is 13.2 Å². The third kappa shape index (κ3) is 4.16. The van der Waals surface area contributed by atoms with Gasteiger partial charge in [-0.2, -0.15) is 0 Å². The smallest absolute Gasteiger partial charge is 0.425 e. The van der Waals surface area contributed by atoms with Gasteiger partial charge in [-0.05, 0) is 35.4 Å². The molecule has 0 N–H and O–H groups in total. The van der Waals surface area contributed by atoms with Gasteiger partial charge < -0.3 is 9.30 Å². The predicted octanol–water partition coefficient (Wildman–Crippen LogP) is 4.02. The molecule has 1 aliphatic carbocycles. The molecule has 2 aromatic carbocycles. The summed E-state index contributed by atoms with van der Waals surface area (Å²) in [7, 11) is -2.23. The van der Waals surface area contributed by atoms with Crippen molar-refractivity contribution in [1.29, 1.82) is 0 Å². The topological polar surface area (TPSA) is 78.3 Å². The van der Waals surface area contributed by atoms with E-state index in [-0.39, 0.29) is 12.5 Å². The van der Waals surface area contributed by atoms with Crippen LogP contribution in [0.5, 0.6) is 0 Å². The first-order chi connectivity index (χ1) is 14.4. The summed E-state index contributed by atoms with van der Waals surface area (Å²) in [6.07, 6.45) is 5.40. The van der Waals surface area contributed by atoms with E-state index in [1.54, 1.807) is 24.4 Å². The fourth-order valence-electron chi connectivity index (χ4n) is 4.07. The van der Waals surface area contributed by atoms with Crippen molar-refractivity contribution < 1.29 is 17.9 Å². The minimum absolute atomic E-state index is 0.0655. The molecule has 1 heterocycles. The molecule has 0 aliphatic heterocycles. The van der Waals surface area contributed by atoms with E-state index in [0.717, 1.165) is 23.4 Å². The van der Waals surface area contributed by atoms with Crippen molar-refractivity contribution >= 4 is 15.1 Å². The van der Waals surface area contributed by atoms with Gasteiger partial charge in [-0.15, -0.1) is 0 Å². The highest BCUT2D eigenvalue weighted by atomic mass is 32.2. The zero-order valence-electron chi connectivity index (χ0n) is 16.8. The van der Waals surface area contributed by atoms with Crippen LogP contribution in [0.2, 0.25) is 0 Å². The Kier molecular flexibility index (Phi) is 5.72. The monoisotopic (exact) mass is 424 g/mol. The molecule has 3 aromatic rings. The van der Waals surface area contributed by atoms with Crippen molar-refractivity contribution in [2.75, 3.05) is 0 Å². The highest BCUT2D eigenvalue weighted by Gasteiger charge is 2.41. The summed E-state index contributed by atoms with van der Waals surface area (Å²) in [6.45, 7) is -0.0655. The summed E-state index contributed by atoms with van der Waals surface area (Å²) in [5.41, 5.74) is 2.41. The maximum atomic E-state index is 13.2. The van der Waals surface area contributed by atoms with Crippen LogP contribution in [0.4, 0.5) is 4.79 Å². The van der Waals surface area contributed by atoms with E-state index in [0.29, 0.717) is 18.4 Å². The van der Waals surface area contributed by atoms with E-state index < -0.39 is 20.4 Å². The van der Waals surface area contributed by atoms with Gasteiger partial charge in [-0.3, -0.25) is 0 Å². The number of sulfone groups is 1. The van der Waals surface area contributed by atoms with E-state index in [1.807, 2.05) is 54.2 Å². The summed E-state index contributed by atoms with van der Waals surface area (Å²) in [5.74, 6) is 0.977. The number of benzene rings is 2. The number of carbonyl (C=O) groups is 1. The molecule has 7 heteroatoms. The summed E-state index contributed by atoms with van der Waals surface area (Å²) in [4.78, 5) is 17.0. The summed E-state index contributed by atoms with van der Waals surface area (Å²) < 4.78 is 33.5. The third-order valence-electron chi connectivity index (χ3n) is 5.66. The standard InChI is InChI=1S/C23H24N2O4S/c1-25-12-11-24-22(25)15-18-13-19-9-5-6-10-20(19)21(14-18)30(27,28)23(26)29-16-17-7-3-2-4-8-17/h2-12,18,21H,13-16H2,1H3/t18-,21?/m1/s1. The molecule has 0 saturated carbocycles. The Morgan fingerprint density at radius 1 is 1.13 bits per heavy atom. The Morgan fingerprint density at radius 3 is 2.60 bits per heavy atom. The molecule has 156 valence electrons. The Morgan fingerprint density at radius 2 is 1.87 bits per heavy atom. The van der Waals surface area contributed by atoms with Crippen LogP contribution in [0, 0.1) is 5.92 Å². The second-order valence-electron chi connectivity index (χ2n) is 7.72. The number of aryl methyl sites for hydroxylation is 1. The lowest BCUT2D eigenvalue weighted by atomic mass is 9.82. The Balaban J connectivity index is 1.57. The molecule has 0 amide bonds. The summed E-state index contributed by atoms with van der Waals surface area (Å²) in [6, 6.07) is 16.5. The van der Waals surface area contributed by atoms with Crippen LogP contribution >= 0.6 is 0 Å². The quantitative estimate of drug-likeness (QED) is 0.578. The first-order valence-corrected chi connectivity index (χ1v) is 11.5. The lowest BCUT2D eigenvalue weighted by molar-refractivity contribution is 0.165. The zero-order chi connectivity index (χ0) is 21.1. The molecular formula is C23H24N2O4S. The number of aromatic nitrogens is 2. The molecule has 0 saturated heterocycles. The van der Waals surface area contributed by atoms with Gasteiger partial charge in [-0.1, -0.05) is 54.6 Å². The number of ether oxygens (including phenoxy) is 1. The number of imidazole rings is 1. The molecule has 0 bridgehead atoms. The Hall–Kier alpha value is -2.93. The van der Waals surface area contributed by atoms with E-state index in [1.165, 1.54) is 0 Å². The van der Waals surface area contributed by atoms with Crippen molar-refractivity contribution in [2.24, 2.45) is 13.0 Å². The third-order valence-corrected chi connectivity index (χ3v) is 7.43. The van der Waals surface area contributed by atoms with Crippen molar-refractivity contribution in [2.45, 2.75) is 31.1 Å². The fourth-order valence-corrected chi connectivity index (χ4v) is 5.62. The molecule has 6 nitrogen and oxygen atoms in total. The van der Waals surface area contributed by atoms with Crippen molar-refractivity contribution in [1.82, 2.24) is 9.55 Å². The zero-order valence-corrected chi connectivity index (χ0v) is 17.6. The lowest BCUT2D eigenvalue weighted by Gasteiger charge is -2.30. The number of hydrogen-bond donors (Lipinski definition) is 0. The van der Waals surface area contributed by atoms with Crippen molar-refractivity contribution in [3.8, 4) is 0 Å². The normalized spacial score (nSPS) is 18.6. The second kappa shape index (κ2) is 8.44. The van der Waals surface area contributed by atoms with Crippen molar-refractivity contribution in [3.63, 3.8) is 0 Å². The molecule has 0 spiro atoms. The summed E-state index contributed by atoms with van der Waals surface area (Å²) >= 11 is 0. The van der Waals surface area contributed by atoms with Gasteiger partial charge in [0.15, 0.2) is 0 Å². The number of nitrogens with zero attached hydrogens (tertiary/aromatic N) is 2. The van der Waals surface area contributed by atoms with Crippen LogP contribution in [0.25, 0.3) is 0 Å². The van der Waals surface area contributed by atoms with Gasteiger partial charge in [0.05, 0.1) is 5.25 Å². The molecular weight excluding hydrogens is 400 g/mol. The Labute approximate surface area is 176 Å². The minimum Gasteiger partial charge on any atom is -0.449 e. The van der Waals surface area contributed by atoms with Crippen molar-refractivity contribution in [3.05, 3.63) is 89.5 Å². The maximum Gasteiger partial charge on any atom is 0.425 e. The van der Waals surface area contributed by atoms with Crippen LogP contribution in [-0.4, -0.2) is 23.3 Å². The summed E-state index contributed by atoms with van der Waals surface area (Å²) in [5, 5.41) is -2.07. The first kappa shape index (κ1) is 20.3. The predicted molar refractivity (Wildman–Crippen MR) is 113 cm³/mol. The van der Waals surface area contributed by atoms with Gasteiger partial charge in [0, 0.05) is 25.9 Å². The van der Waals surface area contributed by atoms with Gasteiger partial charge in [-0.25, -0.2) is 18.2 Å². The molecule has 2 atom stereocenters. The van der Waals surface area contributed by atoms with E-state index in [2.05, 4.69) is 4.98 Å². The second-order valence-corrected chi connectivity index (χ2v) is 9.71. The molecule has 1 aliphatic rings. The van der Waals surface area contributed by atoms with Gasteiger partial charge in [0.1, 0.15) is 12.4 Å².